The molecule has 0 fully saturated rings. The van der Waals surface area contributed by atoms with Crippen LogP contribution in [0.4, 0.5) is 17.1 Å². The first-order valence-corrected chi connectivity index (χ1v) is 23.6. The molecule has 13 aromatic rings. The molecule has 0 saturated heterocycles. The Morgan fingerprint density at radius 2 is 0.761 bits per heavy atom. The van der Waals surface area contributed by atoms with Gasteiger partial charge in [-0.3, -0.25) is 0 Å². The van der Waals surface area contributed by atoms with Crippen LogP contribution in [0.2, 0.25) is 0 Å². The highest BCUT2D eigenvalue weighted by atomic mass is 32.1. The Labute approximate surface area is 392 Å². The molecule has 2 nitrogen and oxygen atoms in total. The van der Waals surface area contributed by atoms with Gasteiger partial charge in [-0.25, -0.2) is 0 Å². The van der Waals surface area contributed by atoms with Gasteiger partial charge in [0.05, 0.1) is 0 Å². The SMILES string of the molecule is c1cc(-c2ccc(-c3ccc(N(c4ccc(-c5ccc6c(c5)sc5ccccc56)cc4)c4ccc(-c5cccc6oc7ccccc7c56)cc4)cc3)cc2)cc(-c2ccc3ccccc3c2)c1. The third-order valence-electron chi connectivity index (χ3n) is 13.3. The summed E-state index contributed by atoms with van der Waals surface area (Å²) in [7, 11) is 0. The van der Waals surface area contributed by atoms with Gasteiger partial charge in [0.25, 0.3) is 0 Å². The molecule has 0 N–H and O–H groups in total. The normalized spacial score (nSPS) is 11.6. The van der Waals surface area contributed by atoms with Gasteiger partial charge in [0.1, 0.15) is 11.2 Å². The fourth-order valence-corrected chi connectivity index (χ4v) is 11.0. The minimum atomic E-state index is 0.900. The van der Waals surface area contributed by atoms with Crippen molar-refractivity contribution >= 4 is 81.3 Å². The molecule has 3 heteroatoms. The number of nitrogens with zero attached hydrogens (tertiary/aromatic N) is 1. The summed E-state index contributed by atoms with van der Waals surface area (Å²) < 4.78 is 8.89. The van der Waals surface area contributed by atoms with E-state index in [9.17, 15) is 0 Å². The average Bonchev–Trinajstić information content (AvgIpc) is 3.98. The molecule has 13 rings (SSSR count). The smallest absolute Gasteiger partial charge is 0.136 e. The minimum absolute atomic E-state index is 0.900. The van der Waals surface area contributed by atoms with E-state index in [1.165, 1.54) is 75.5 Å². The van der Waals surface area contributed by atoms with Crippen molar-refractivity contribution in [1.82, 2.24) is 0 Å². The molecule has 2 heterocycles. The van der Waals surface area contributed by atoms with Gasteiger partial charge in [0.15, 0.2) is 0 Å². The van der Waals surface area contributed by atoms with Crippen LogP contribution in [0.3, 0.4) is 0 Å². The number of benzene rings is 11. The minimum Gasteiger partial charge on any atom is -0.456 e. The molecule has 0 aliphatic heterocycles. The number of anilines is 3. The lowest BCUT2D eigenvalue weighted by molar-refractivity contribution is 0.669. The number of hydrogen-bond acceptors (Lipinski definition) is 3. The van der Waals surface area contributed by atoms with Crippen molar-refractivity contribution in [1.29, 1.82) is 0 Å². The maximum absolute atomic E-state index is 6.26. The van der Waals surface area contributed by atoms with Gasteiger partial charge in [-0.05, 0) is 139 Å². The molecule has 314 valence electrons. The Kier molecular flexibility index (Phi) is 9.40. The maximum atomic E-state index is 6.26. The van der Waals surface area contributed by atoms with Crippen molar-refractivity contribution in [2.75, 3.05) is 4.90 Å². The van der Waals surface area contributed by atoms with E-state index in [1.807, 2.05) is 23.5 Å². The summed E-state index contributed by atoms with van der Waals surface area (Å²) in [6.45, 7) is 0. The molecule has 0 bridgehead atoms. The van der Waals surface area contributed by atoms with E-state index in [4.69, 9.17) is 4.42 Å². The lowest BCUT2D eigenvalue weighted by Crippen LogP contribution is -2.09. The van der Waals surface area contributed by atoms with Gasteiger partial charge in [-0.2, -0.15) is 0 Å². The Balaban J connectivity index is 0.827. The summed E-state index contributed by atoms with van der Waals surface area (Å²) in [5, 5.41) is 7.42. The second-order valence-electron chi connectivity index (χ2n) is 17.3. The zero-order chi connectivity index (χ0) is 44.3. The van der Waals surface area contributed by atoms with E-state index in [0.29, 0.717) is 0 Å². The Hall–Kier alpha value is -8.50. The largest absolute Gasteiger partial charge is 0.456 e. The Bertz CT molecular complexity index is 3950. The van der Waals surface area contributed by atoms with Crippen molar-refractivity contribution in [3.05, 3.63) is 249 Å². The van der Waals surface area contributed by atoms with Crippen LogP contribution in [-0.4, -0.2) is 0 Å². The first-order valence-electron chi connectivity index (χ1n) is 22.8. The van der Waals surface area contributed by atoms with Crippen molar-refractivity contribution in [3.63, 3.8) is 0 Å². The van der Waals surface area contributed by atoms with Crippen LogP contribution >= 0.6 is 11.3 Å². The summed E-state index contributed by atoms with van der Waals surface area (Å²) in [4.78, 5) is 2.35. The summed E-state index contributed by atoms with van der Waals surface area (Å²) in [6, 6.07) is 90.2. The molecular weight excluding hydrogens is 831 g/mol. The van der Waals surface area contributed by atoms with Crippen LogP contribution in [0.15, 0.2) is 253 Å². The summed E-state index contributed by atoms with van der Waals surface area (Å²) in [5.41, 5.74) is 17.0. The van der Waals surface area contributed by atoms with E-state index < -0.39 is 0 Å². The molecule has 0 aliphatic rings. The first kappa shape index (κ1) is 38.9. The van der Waals surface area contributed by atoms with Gasteiger partial charge in [0, 0.05) is 48.0 Å². The molecular formula is C64H41NOS. The van der Waals surface area contributed by atoms with Gasteiger partial charge < -0.3 is 9.32 Å². The van der Waals surface area contributed by atoms with Crippen LogP contribution in [0.1, 0.15) is 0 Å². The number of para-hydroxylation sites is 1. The highest BCUT2D eigenvalue weighted by molar-refractivity contribution is 7.25. The lowest BCUT2D eigenvalue weighted by atomic mass is 9.96. The molecule has 0 spiro atoms. The number of furan rings is 1. The molecule has 0 aliphatic carbocycles. The number of rotatable bonds is 8. The van der Waals surface area contributed by atoms with E-state index in [-0.39, 0.29) is 0 Å². The van der Waals surface area contributed by atoms with Crippen molar-refractivity contribution < 1.29 is 4.42 Å². The van der Waals surface area contributed by atoms with Gasteiger partial charge >= 0.3 is 0 Å². The number of fused-ring (bicyclic) bond motifs is 7. The average molecular weight is 872 g/mol. The predicted molar refractivity (Wildman–Crippen MR) is 286 cm³/mol. The van der Waals surface area contributed by atoms with Gasteiger partial charge in [-0.1, -0.05) is 176 Å². The maximum Gasteiger partial charge on any atom is 0.136 e. The van der Waals surface area contributed by atoms with Crippen LogP contribution in [0, 0.1) is 0 Å². The highest BCUT2D eigenvalue weighted by Crippen LogP contribution is 2.42. The van der Waals surface area contributed by atoms with Crippen molar-refractivity contribution in [2.45, 2.75) is 0 Å². The van der Waals surface area contributed by atoms with E-state index in [0.717, 1.165) is 50.1 Å². The molecule has 0 unspecified atom stereocenters. The summed E-state index contributed by atoms with van der Waals surface area (Å²) >= 11 is 1.86. The monoisotopic (exact) mass is 871 g/mol. The summed E-state index contributed by atoms with van der Waals surface area (Å²) in [5.74, 6) is 0. The molecule has 0 saturated carbocycles. The predicted octanol–water partition coefficient (Wildman–Crippen LogP) is 18.9. The van der Waals surface area contributed by atoms with Crippen LogP contribution in [0.5, 0.6) is 0 Å². The zero-order valence-corrected chi connectivity index (χ0v) is 37.3. The van der Waals surface area contributed by atoms with E-state index in [1.54, 1.807) is 0 Å². The fraction of sp³-hybridized carbons (Fsp3) is 0. The molecule has 67 heavy (non-hydrogen) atoms. The van der Waals surface area contributed by atoms with Crippen LogP contribution in [0.25, 0.3) is 109 Å². The second kappa shape index (κ2) is 16.2. The first-order chi connectivity index (χ1) is 33.2. The third kappa shape index (κ3) is 7.05. The zero-order valence-electron chi connectivity index (χ0n) is 36.4. The van der Waals surface area contributed by atoms with Gasteiger partial charge in [0.2, 0.25) is 0 Å². The van der Waals surface area contributed by atoms with E-state index >= 15 is 0 Å². The fourth-order valence-electron chi connectivity index (χ4n) is 9.87. The van der Waals surface area contributed by atoms with Crippen LogP contribution < -0.4 is 4.90 Å². The molecule has 0 radical (unpaired) electrons. The topological polar surface area (TPSA) is 16.4 Å². The number of thiophene rings is 1. The molecule has 11 aromatic carbocycles. The lowest BCUT2D eigenvalue weighted by Gasteiger charge is -2.26. The van der Waals surface area contributed by atoms with Crippen molar-refractivity contribution in [2.24, 2.45) is 0 Å². The Morgan fingerprint density at radius 3 is 1.48 bits per heavy atom. The van der Waals surface area contributed by atoms with Crippen molar-refractivity contribution in [3.8, 4) is 55.6 Å². The van der Waals surface area contributed by atoms with Crippen LogP contribution in [-0.2, 0) is 0 Å². The molecule has 0 amide bonds. The quantitative estimate of drug-likeness (QED) is 0.151. The molecule has 2 aromatic heterocycles. The standard InChI is InChI=1S/C64H41NOS/c1-2-10-48-40-51(24-23-42(48)9-1)50-12-7-11-49(39-50)45-21-19-43(20-22-45)44-25-32-53(33-26-44)65(54-34-27-46(28-35-54)52-31-38-58-57-13-4-6-18-62(57)67-63(58)41-52)55-36-29-47(30-37-55)56-15-8-17-61-64(56)59-14-3-5-16-60(59)66-61/h1-41H. The number of hydrogen-bond donors (Lipinski definition) is 0. The Morgan fingerprint density at radius 1 is 0.284 bits per heavy atom. The summed E-state index contributed by atoms with van der Waals surface area (Å²) in [6.07, 6.45) is 0. The third-order valence-corrected chi connectivity index (χ3v) is 14.4. The highest BCUT2D eigenvalue weighted by Gasteiger charge is 2.17. The van der Waals surface area contributed by atoms with Gasteiger partial charge in [-0.15, -0.1) is 11.3 Å². The van der Waals surface area contributed by atoms with E-state index in [2.05, 4.69) is 241 Å². The second-order valence-corrected chi connectivity index (χ2v) is 18.4. The molecule has 0 atom stereocenters.